The van der Waals surface area contributed by atoms with Crippen molar-refractivity contribution in [1.82, 2.24) is 0 Å². The predicted molar refractivity (Wildman–Crippen MR) is 54.7 cm³/mol. The molecular formula is C10H8ClFO3. The number of benzene rings is 1. The Morgan fingerprint density at radius 1 is 1.60 bits per heavy atom. The molecule has 0 aliphatic heterocycles. The normalized spacial score (nSPS) is 11.3. The number of halogens is 2. The minimum Gasteiger partial charge on any atom is -0.496 e. The largest absolute Gasteiger partial charge is 0.496 e. The Morgan fingerprint density at radius 2 is 2.27 bits per heavy atom. The molecule has 0 saturated heterocycles. The van der Waals surface area contributed by atoms with Crippen LogP contribution in [0.5, 0.6) is 5.75 Å². The molecule has 0 atom stereocenters. The quantitative estimate of drug-likeness (QED) is 0.813. The van der Waals surface area contributed by atoms with E-state index >= 15 is 0 Å². The average Bonchev–Trinajstić information content (AvgIpc) is 2.20. The van der Waals surface area contributed by atoms with Gasteiger partial charge in [0.2, 0.25) is 5.83 Å². The van der Waals surface area contributed by atoms with Crippen molar-refractivity contribution >= 4 is 23.6 Å². The summed E-state index contributed by atoms with van der Waals surface area (Å²) in [4.78, 5) is 10.3. The molecule has 0 saturated carbocycles. The first-order chi connectivity index (χ1) is 7.06. The Morgan fingerprint density at radius 3 is 2.80 bits per heavy atom. The molecule has 15 heavy (non-hydrogen) atoms. The van der Waals surface area contributed by atoms with E-state index in [1.165, 1.54) is 13.2 Å². The van der Waals surface area contributed by atoms with E-state index in [4.69, 9.17) is 21.4 Å². The molecule has 0 heterocycles. The lowest BCUT2D eigenvalue weighted by Gasteiger charge is -2.05. The molecule has 0 bridgehead atoms. The van der Waals surface area contributed by atoms with Gasteiger partial charge in [-0.1, -0.05) is 17.7 Å². The van der Waals surface area contributed by atoms with Gasteiger partial charge in [0, 0.05) is 5.56 Å². The molecule has 3 nitrogen and oxygen atoms in total. The third kappa shape index (κ3) is 2.70. The Bertz CT molecular complexity index is 415. The van der Waals surface area contributed by atoms with E-state index in [2.05, 4.69) is 0 Å². The summed E-state index contributed by atoms with van der Waals surface area (Å²) < 4.78 is 17.8. The minimum absolute atomic E-state index is 0.210. The van der Waals surface area contributed by atoms with Gasteiger partial charge in [-0.3, -0.25) is 0 Å². The molecular weight excluding hydrogens is 223 g/mol. The minimum atomic E-state index is -1.64. The molecule has 1 aromatic carbocycles. The van der Waals surface area contributed by atoms with Crippen molar-refractivity contribution < 1.29 is 19.0 Å². The molecule has 0 unspecified atom stereocenters. The molecule has 1 N–H and O–H groups in total. The van der Waals surface area contributed by atoms with E-state index in [1.54, 1.807) is 12.1 Å². The summed E-state index contributed by atoms with van der Waals surface area (Å²) >= 11 is 5.77. The smallest absolute Gasteiger partial charge is 0.364 e. The number of hydrogen-bond donors (Lipinski definition) is 1. The van der Waals surface area contributed by atoms with Crippen LogP contribution in [0.25, 0.3) is 6.08 Å². The zero-order chi connectivity index (χ0) is 11.4. The van der Waals surface area contributed by atoms with Gasteiger partial charge in [0.1, 0.15) is 5.75 Å². The van der Waals surface area contributed by atoms with Gasteiger partial charge in [-0.15, -0.1) is 0 Å². The molecule has 1 rings (SSSR count). The van der Waals surface area contributed by atoms with Gasteiger partial charge in [0.15, 0.2) is 0 Å². The average molecular weight is 231 g/mol. The topological polar surface area (TPSA) is 46.5 Å². The van der Waals surface area contributed by atoms with Crippen LogP contribution in [-0.2, 0) is 4.79 Å². The number of carboxylic acid groups (broad SMARTS) is 1. The van der Waals surface area contributed by atoms with Crippen molar-refractivity contribution in [3.05, 3.63) is 34.6 Å². The monoisotopic (exact) mass is 230 g/mol. The van der Waals surface area contributed by atoms with Gasteiger partial charge in [-0.05, 0) is 18.2 Å². The van der Waals surface area contributed by atoms with E-state index in [-0.39, 0.29) is 10.6 Å². The number of hydrogen-bond acceptors (Lipinski definition) is 2. The van der Waals surface area contributed by atoms with Crippen LogP contribution in [0.4, 0.5) is 4.39 Å². The summed E-state index contributed by atoms with van der Waals surface area (Å²) in [5.41, 5.74) is 0.210. The number of carbonyl (C=O) groups is 1. The molecule has 0 aliphatic rings. The molecule has 80 valence electrons. The second-order valence-corrected chi connectivity index (χ2v) is 3.06. The molecule has 0 radical (unpaired) electrons. The maximum absolute atomic E-state index is 12.9. The van der Waals surface area contributed by atoms with Crippen LogP contribution in [0, 0.1) is 0 Å². The predicted octanol–water partition coefficient (Wildman–Crippen LogP) is 2.74. The second kappa shape index (κ2) is 4.79. The molecule has 0 aromatic heterocycles. The highest BCUT2D eigenvalue weighted by Crippen LogP contribution is 2.28. The molecule has 0 fully saturated rings. The molecule has 5 heteroatoms. The highest BCUT2D eigenvalue weighted by Gasteiger charge is 2.10. The fraction of sp³-hybridized carbons (Fsp3) is 0.100. The van der Waals surface area contributed by atoms with Crippen LogP contribution in [0.2, 0.25) is 5.02 Å². The first-order valence-corrected chi connectivity index (χ1v) is 4.37. The fourth-order valence-corrected chi connectivity index (χ4v) is 1.24. The lowest BCUT2D eigenvalue weighted by molar-refractivity contribution is -0.134. The van der Waals surface area contributed by atoms with E-state index in [0.29, 0.717) is 5.75 Å². The lowest BCUT2D eigenvalue weighted by Crippen LogP contribution is -1.95. The summed E-state index contributed by atoms with van der Waals surface area (Å²) in [5.74, 6) is -2.61. The Labute approximate surface area is 90.7 Å². The summed E-state index contributed by atoms with van der Waals surface area (Å²) in [5, 5.41) is 8.60. The van der Waals surface area contributed by atoms with Gasteiger partial charge in [-0.2, -0.15) is 4.39 Å². The second-order valence-electron chi connectivity index (χ2n) is 2.65. The lowest BCUT2D eigenvalue weighted by atomic mass is 10.2. The van der Waals surface area contributed by atoms with Crippen molar-refractivity contribution in [3.8, 4) is 5.75 Å². The first kappa shape index (κ1) is 11.5. The van der Waals surface area contributed by atoms with Gasteiger partial charge in [0.05, 0.1) is 12.1 Å². The Kier molecular flexibility index (Phi) is 3.68. The van der Waals surface area contributed by atoms with Gasteiger partial charge in [0.25, 0.3) is 0 Å². The van der Waals surface area contributed by atoms with Crippen LogP contribution in [-0.4, -0.2) is 18.2 Å². The molecule has 0 spiro atoms. The third-order valence-electron chi connectivity index (χ3n) is 1.71. The van der Waals surface area contributed by atoms with Crippen LogP contribution in [0.15, 0.2) is 24.0 Å². The number of methoxy groups -OCH3 is 1. The number of ether oxygens (including phenoxy) is 1. The number of rotatable bonds is 3. The van der Waals surface area contributed by atoms with Crippen molar-refractivity contribution in [2.75, 3.05) is 7.11 Å². The molecule has 0 aliphatic carbocycles. The van der Waals surface area contributed by atoms with Crippen molar-refractivity contribution in [3.63, 3.8) is 0 Å². The summed E-state index contributed by atoms with van der Waals surface area (Å²) in [6.07, 6.45) is 0.823. The summed E-state index contributed by atoms with van der Waals surface area (Å²) in [7, 11) is 1.39. The van der Waals surface area contributed by atoms with E-state index in [1.807, 2.05) is 0 Å². The van der Waals surface area contributed by atoms with E-state index in [9.17, 15) is 9.18 Å². The number of aliphatic carboxylic acids is 1. The Hall–Kier alpha value is -1.55. The maximum atomic E-state index is 12.9. The van der Waals surface area contributed by atoms with Crippen LogP contribution in [0.1, 0.15) is 5.56 Å². The molecule has 1 aromatic rings. The highest BCUT2D eigenvalue weighted by atomic mass is 35.5. The van der Waals surface area contributed by atoms with Gasteiger partial charge >= 0.3 is 5.97 Å². The van der Waals surface area contributed by atoms with Crippen molar-refractivity contribution in [1.29, 1.82) is 0 Å². The van der Waals surface area contributed by atoms with Crippen LogP contribution < -0.4 is 4.74 Å². The Balaban J connectivity index is 3.24. The zero-order valence-corrected chi connectivity index (χ0v) is 8.58. The summed E-state index contributed by atoms with van der Waals surface area (Å²) in [6.45, 7) is 0. The van der Waals surface area contributed by atoms with E-state index < -0.39 is 11.8 Å². The third-order valence-corrected chi connectivity index (χ3v) is 2.04. The van der Waals surface area contributed by atoms with Gasteiger partial charge in [-0.25, -0.2) is 4.79 Å². The fourth-order valence-electron chi connectivity index (χ4n) is 1.02. The zero-order valence-electron chi connectivity index (χ0n) is 7.83. The summed E-state index contributed by atoms with van der Waals surface area (Å²) in [6, 6.07) is 4.70. The van der Waals surface area contributed by atoms with Gasteiger partial charge < -0.3 is 9.84 Å². The standard InChI is InChI=1S/C10H8ClFO3/c1-15-9-4-2-3-7(11)6(9)5-8(12)10(13)14/h2-5H,1H3,(H,13,14)/b8-5+. The van der Waals surface area contributed by atoms with E-state index in [0.717, 1.165) is 6.08 Å². The van der Waals surface area contributed by atoms with Crippen molar-refractivity contribution in [2.45, 2.75) is 0 Å². The van der Waals surface area contributed by atoms with Crippen LogP contribution in [0.3, 0.4) is 0 Å². The van der Waals surface area contributed by atoms with Crippen LogP contribution >= 0.6 is 11.6 Å². The van der Waals surface area contributed by atoms with Crippen molar-refractivity contribution in [2.24, 2.45) is 0 Å². The first-order valence-electron chi connectivity index (χ1n) is 3.99. The maximum Gasteiger partial charge on any atom is 0.364 e. The highest BCUT2D eigenvalue weighted by molar-refractivity contribution is 6.32. The SMILES string of the molecule is COc1cccc(Cl)c1/C=C(/F)C(=O)O. The molecule has 0 amide bonds. The number of carboxylic acids is 1.